The smallest absolute Gasteiger partial charge is 0.410 e. The minimum absolute atomic E-state index is 0.115. The highest BCUT2D eigenvalue weighted by molar-refractivity contribution is 6.31. The third-order valence-corrected chi connectivity index (χ3v) is 6.34. The largest absolute Gasteiger partial charge is 0.444 e. The van der Waals surface area contributed by atoms with Gasteiger partial charge in [-0.25, -0.2) is 14.6 Å². The number of hydrogen-bond acceptors (Lipinski definition) is 6. The number of carbonyl (C=O) groups excluding carboxylic acids is 1. The number of ether oxygens (including phenoxy) is 1. The number of aromatic nitrogens is 3. The number of nitriles is 1. The summed E-state index contributed by atoms with van der Waals surface area (Å²) in [5, 5.41) is 12.8. The van der Waals surface area contributed by atoms with Crippen molar-refractivity contribution in [3.05, 3.63) is 51.7 Å². The van der Waals surface area contributed by atoms with Gasteiger partial charge in [-0.15, -0.1) is 0 Å². The van der Waals surface area contributed by atoms with E-state index in [0.29, 0.717) is 25.3 Å². The summed E-state index contributed by atoms with van der Waals surface area (Å²) in [7, 11) is 1.75. The fourth-order valence-electron chi connectivity index (χ4n) is 4.43. The molecule has 0 bridgehead atoms. The van der Waals surface area contributed by atoms with Gasteiger partial charge in [0.1, 0.15) is 22.4 Å². The van der Waals surface area contributed by atoms with E-state index in [0.717, 1.165) is 29.6 Å². The zero-order valence-corrected chi connectivity index (χ0v) is 21.1. The standard InChI is InChI=1S/C25H29ClN6O3/c1-25(2,3)35-24(34)31-11-5-6-16(14-31)15-32-21-12-17(7-8-20(21)30(4)23(32)33)29-19-9-10-28-22(26)18(19)13-27/h7-10,12,16H,5-6,11,14-15H2,1-4H3,(H,28,29). The lowest BCUT2D eigenvalue weighted by molar-refractivity contribution is 0.0157. The van der Waals surface area contributed by atoms with Crippen molar-refractivity contribution in [2.24, 2.45) is 13.0 Å². The summed E-state index contributed by atoms with van der Waals surface area (Å²) in [6.45, 7) is 7.24. The molecule has 0 saturated carbocycles. The number of anilines is 2. The van der Waals surface area contributed by atoms with E-state index in [2.05, 4.69) is 16.4 Å². The maximum absolute atomic E-state index is 13.1. The van der Waals surface area contributed by atoms with Crippen LogP contribution in [-0.4, -0.2) is 43.8 Å². The topological polar surface area (TPSA) is 105 Å². The molecule has 0 spiro atoms. The monoisotopic (exact) mass is 496 g/mol. The normalized spacial score (nSPS) is 16.2. The van der Waals surface area contributed by atoms with Crippen LogP contribution in [0.4, 0.5) is 16.2 Å². The number of benzene rings is 1. The van der Waals surface area contributed by atoms with E-state index < -0.39 is 5.60 Å². The number of pyridine rings is 1. The van der Waals surface area contributed by atoms with Crippen LogP contribution < -0.4 is 11.0 Å². The van der Waals surface area contributed by atoms with Gasteiger partial charge in [-0.05, 0) is 63.8 Å². The maximum atomic E-state index is 13.1. The lowest BCUT2D eigenvalue weighted by Gasteiger charge is -2.34. The Morgan fingerprint density at radius 3 is 2.80 bits per heavy atom. The van der Waals surface area contributed by atoms with Crippen LogP contribution in [0.1, 0.15) is 39.2 Å². The number of likely N-dealkylation sites (tertiary alicyclic amines) is 1. The van der Waals surface area contributed by atoms with Crippen molar-refractivity contribution in [1.82, 2.24) is 19.0 Å². The number of imidazole rings is 1. The van der Waals surface area contributed by atoms with Gasteiger partial charge in [-0.1, -0.05) is 11.6 Å². The molecule has 1 aliphatic heterocycles. The summed E-state index contributed by atoms with van der Waals surface area (Å²) in [4.78, 5) is 31.4. The quantitative estimate of drug-likeness (QED) is 0.527. The van der Waals surface area contributed by atoms with Crippen LogP contribution in [0.2, 0.25) is 5.15 Å². The molecule has 1 N–H and O–H groups in total. The molecule has 1 aliphatic rings. The van der Waals surface area contributed by atoms with Gasteiger partial charge in [-0.3, -0.25) is 9.13 Å². The predicted molar refractivity (Wildman–Crippen MR) is 135 cm³/mol. The number of rotatable bonds is 4. The zero-order chi connectivity index (χ0) is 25.3. The number of piperidine rings is 1. The first-order valence-corrected chi connectivity index (χ1v) is 11.9. The Balaban J connectivity index is 1.60. The average molecular weight is 497 g/mol. The molecule has 1 aromatic carbocycles. The SMILES string of the molecule is Cn1c(=O)n(CC2CCCN(C(=O)OC(C)(C)C)C2)c2cc(Nc3ccnc(Cl)c3C#N)ccc21. The first kappa shape index (κ1) is 24.6. The molecule has 1 saturated heterocycles. The molecule has 35 heavy (non-hydrogen) atoms. The molecule has 184 valence electrons. The number of halogens is 1. The molecule has 10 heteroatoms. The third-order valence-electron chi connectivity index (χ3n) is 6.05. The lowest BCUT2D eigenvalue weighted by atomic mass is 9.98. The highest BCUT2D eigenvalue weighted by Gasteiger charge is 2.28. The summed E-state index contributed by atoms with van der Waals surface area (Å²) in [6, 6.07) is 9.37. The summed E-state index contributed by atoms with van der Waals surface area (Å²) in [5.74, 6) is 0.125. The molecule has 9 nitrogen and oxygen atoms in total. The van der Waals surface area contributed by atoms with Crippen molar-refractivity contribution < 1.29 is 9.53 Å². The Morgan fingerprint density at radius 1 is 1.31 bits per heavy atom. The van der Waals surface area contributed by atoms with Crippen molar-refractivity contribution in [3.8, 4) is 6.07 Å². The number of hydrogen-bond donors (Lipinski definition) is 1. The van der Waals surface area contributed by atoms with Crippen LogP contribution >= 0.6 is 11.6 Å². The molecule has 0 aliphatic carbocycles. The molecule has 3 aromatic rings. The molecule has 1 fully saturated rings. The molecule has 3 heterocycles. The maximum Gasteiger partial charge on any atom is 0.410 e. The van der Waals surface area contributed by atoms with E-state index in [1.807, 2.05) is 39.0 Å². The first-order valence-electron chi connectivity index (χ1n) is 11.6. The molecular weight excluding hydrogens is 468 g/mol. The Kier molecular flexibility index (Phi) is 6.77. The van der Waals surface area contributed by atoms with Crippen LogP contribution in [0.15, 0.2) is 35.3 Å². The second-order valence-electron chi connectivity index (χ2n) is 9.85. The van der Waals surface area contributed by atoms with Crippen LogP contribution in [0.3, 0.4) is 0 Å². The molecule has 1 amide bonds. The second-order valence-corrected chi connectivity index (χ2v) is 10.2. The van der Waals surface area contributed by atoms with Crippen molar-refractivity contribution in [2.45, 2.75) is 45.8 Å². The number of amides is 1. The van der Waals surface area contributed by atoms with Crippen LogP contribution in [-0.2, 0) is 18.3 Å². The fourth-order valence-corrected chi connectivity index (χ4v) is 4.63. The van der Waals surface area contributed by atoms with Gasteiger partial charge in [0.25, 0.3) is 0 Å². The Morgan fingerprint density at radius 2 is 2.09 bits per heavy atom. The number of nitrogens with zero attached hydrogens (tertiary/aromatic N) is 5. The van der Waals surface area contributed by atoms with Crippen LogP contribution in [0.25, 0.3) is 11.0 Å². The number of nitrogens with one attached hydrogen (secondary N) is 1. The predicted octanol–water partition coefficient (Wildman–Crippen LogP) is 4.65. The highest BCUT2D eigenvalue weighted by Crippen LogP contribution is 2.28. The number of carbonyl (C=O) groups is 1. The van der Waals surface area contributed by atoms with Gasteiger partial charge < -0.3 is 15.0 Å². The van der Waals surface area contributed by atoms with E-state index in [-0.39, 0.29) is 28.4 Å². The van der Waals surface area contributed by atoms with E-state index in [9.17, 15) is 14.9 Å². The van der Waals surface area contributed by atoms with Crippen LogP contribution in [0.5, 0.6) is 0 Å². The lowest BCUT2D eigenvalue weighted by Crippen LogP contribution is -2.44. The fraction of sp³-hybridized carbons (Fsp3) is 0.440. The highest BCUT2D eigenvalue weighted by atomic mass is 35.5. The van der Waals surface area contributed by atoms with Gasteiger partial charge in [0.2, 0.25) is 0 Å². The first-order chi connectivity index (χ1) is 16.6. The second kappa shape index (κ2) is 9.62. The molecule has 4 rings (SSSR count). The van der Waals surface area contributed by atoms with Crippen molar-refractivity contribution >= 4 is 40.1 Å². The van der Waals surface area contributed by atoms with Crippen molar-refractivity contribution in [3.63, 3.8) is 0 Å². The van der Waals surface area contributed by atoms with Gasteiger partial charge in [-0.2, -0.15) is 5.26 Å². The zero-order valence-electron chi connectivity index (χ0n) is 20.3. The Hall–Kier alpha value is -3.51. The number of aryl methyl sites for hydroxylation is 1. The average Bonchev–Trinajstić information content (AvgIpc) is 3.03. The Bertz CT molecular complexity index is 1360. The molecule has 1 unspecified atom stereocenters. The van der Waals surface area contributed by atoms with Gasteiger partial charge in [0.15, 0.2) is 0 Å². The molecule has 0 radical (unpaired) electrons. The van der Waals surface area contributed by atoms with Gasteiger partial charge in [0.05, 0.1) is 16.7 Å². The minimum atomic E-state index is -0.551. The van der Waals surface area contributed by atoms with E-state index in [4.69, 9.17) is 16.3 Å². The Labute approximate surface area is 208 Å². The van der Waals surface area contributed by atoms with Crippen molar-refractivity contribution in [1.29, 1.82) is 5.26 Å². The molecular formula is C25H29ClN6O3. The van der Waals surface area contributed by atoms with Gasteiger partial charge in [0, 0.05) is 38.6 Å². The van der Waals surface area contributed by atoms with E-state index in [1.165, 1.54) is 6.20 Å². The van der Waals surface area contributed by atoms with E-state index in [1.54, 1.807) is 27.1 Å². The van der Waals surface area contributed by atoms with E-state index >= 15 is 0 Å². The van der Waals surface area contributed by atoms with Crippen LogP contribution in [0, 0.1) is 17.2 Å². The summed E-state index contributed by atoms with van der Waals surface area (Å²) in [6.07, 6.45) is 2.99. The van der Waals surface area contributed by atoms with Crippen molar-refractivity contribution in [2.75, 3.05) is 18.4 Å². The summed E-state index contributed by atoms with van der Waals surface area (Å²) in [5.41, 5.74) is 2.42. The third kappa shape index (κ3) is 5.28. The number of fused-ring (bicyclic) bond motifs is 1. The minimum Gasteiger partial charge on any atom is -0.444 e. The van der Waals surface area contributed by atoms with Gasteiger partial charge >= 0.3 is 11.8 Å². The molecule has 1 atom stereocenters. The summed E-state index contributed by atoms with van der Waals surface area (Å²) < 4.78 is 8.92. The molecule has 2 aromatic heterocycles. The summed E-state index contributed by atoms with van der Waals surface area (Å²) >= 11 is 6.06.